The third-order valence-corrected chi connectivity index (χ3v) is 6.83. The van der Waals surface area contributed by atoms with E-state index in [1.165, 1.54) is 19.4 Å². The Morgan fingerprint density at radius 2 is 1.87 bits per heavy atom. The second kappa shape index (κ2) is 16.8. The summed E-state index contributed by atoms with van der Waals surface area (Å²) in [5, 5.41) is 2.63. The van der Waals surface area contributed by atoms with Crippen molar-refractivity contribution in [3.05, 3.63) is 48.3 Å². The maximum Gasteiger partial charge on any atom is 0.389 e. The van der Waals surface area contributed by atoms with Gasteiger partial charge in [0.05, 0.1) is 19.1 Å². The molecule has 2 aromatic rings. The molecule has 1 aliphatic rings. The Labute approximate surface area is 259 Å². The second-order valence-electron chi connectivity index (χ2n) is 10.7. The summed E-state index contributed by atoms with van der Waals surface area (Å²) in [5.41, 5.74) is -0.216. The van der Waals surface area contributed by atoms with Crippen molar-refractivity contribution in [2.45, 2.75) is 83.4 Å². The summed E-state index contributed by atoms with van der Waals surface area (Å²) in [4.78, 5) is 42.6. The molecular weight excluding hydrogens is 601 g/mol. The summed E-state index contributed by atoms with van der Waals surface area (Å²) >= 11 is 0. The van der Waals surface area contributed by atoms with E-state index in [9.17, 15) is 27.6 Å². The lowest BCUT2D eigenvalue weighted by Gasteiger charge is -2.31. The van der Waals surface area contributed by atoms with Crippen molar-refractivity contribution < 1.29 is 56.0 Å². The Morgan fingerprint density at radius 1 is 1.13 bits per heavy atom. The van der Waals surface area contributed by atoms with Gasteiger partial charge < -0.3 is 33.7 Å². The van der Waals surface area contributed by atoms with Crippen LogP contribution in [0.5, 0.6) is 17.2 Å². The first-order chi connectivity index (χ1) is 21.4. The van der Waals surface area contributed by atoms with Crippen molar-refractivity contribution in [3.8, 4) is 17.2 Å². The average Bonchev–Trinajstić information content (AvgIpc) is 3.04. The number of amides is 1. The summed E-state index contributed by atoms with van der Waals surface area (Å²) in [6.07, 6.45) is -5.89. The summed E-state index contributed by atoms with van der Waals surface area (Å²) in [7, 11) is 1.36. The zero-order valence-electron chi connectivity index (χ0n) is 25.6. The molecule has 1 fully saturated rings. The number of hydrogen-bond donors (Lipinski definition) is 1. The van der Waals surface area contributed by atoms with Crippen molar-refractivity contribution in [3.63, 3.8) is 0 Å². The fourth-order valence-corrected chi connectivity index (χ4v) is 4.52. The standard InChI is InChI=1S/C31H39F3N2O9/c1-19(2)29(38)43-18-42-27-23(40-4)14-16-35-25(27)28(37)36-22-12-8-13-24(41-17-9-15-31(32,33)34)26(20(3)44-30(22)39)45-21-10-6-5-7-11-21/h5-7,10-11,14,16,19-20,22,24,26H,8-9,12-13,15,17-18H2,1-4H3,(H,36,37). The van der Waals surface area contributed by atoms with Gasteiger partial charge in [-0.25, -0.2) is 9.78 Å². The van der Waals surface area contributed by atoms with Crippen LogP contribution in [0.3, 0.4) is 0 Å². The van der Waals surface area contributed by atoms with E-state index in [-0.39, 0.29) is 36.6 Å². The van der Waals surface area contributed by atoms with Gasteiger partial charge in [-0.3, -0.25) is 9.59 Å². The van der Waals surface area contributed by atoms with Crippen molar-refractivity contribution in [1.29, 1.82) is 0 Å². The Balaban J connectivity index is 1.76. The first-order valence-corrected chi connectivity index (χ1v) is 14.6. The minimum absolute atomic E-state index is 0.0949. The molecule has 1 aliphatic heterocycles. The molecule has 248 valence electrons. The monoisotopic (exact) mass is 640 g/mol. The number of nitrogens with zero attached hydrogens (tertiary/aromatic N) is 1. The summed E-state index contributed by atoms with van der Waals surface area (Å²) in [5.74, 6) is -1.91. The van der Waals surface area contributed by atoms with Crippen LogP contribution in [0, 0.1) is 5.92 Å². The molecule has 14 heteroatoms. The molecule has 0 saturated carbocycles. The highest BCUT2D eigenvalue weighted by atomic mass is 19.4. The zero-order valence-corrected chi connectivity index (χ0v) is 25.6. The highest BCUT2D eigenvalue weighted by Gasteiger charge is 2.37. The fourth-order valence-electron chi connectivity index (χ4n) is 4.52. The van der Waals surface area contributed by atoms with Crippen LogP contribution >= 0.6 is 0 Å². The molecule has 1 N–H and O–H groups in total. The number of hydrogen-bond acceptors (Lipinski definition) is 10. The van der Waals surface area contributed by atoms with Crippen LogP contribution in [0.1, 0.15) is 63.4 Å². The van der Waals surface area contributed by atoms with Crippen LogP contribution in [-0.2, 0) is 23.8 Å². The zero-order chi connectivity index (χ0) is 33.0. The quantitative estimate of drug-likeness (QED) is 0.181. The normalized spacial score (nSPS) is 20.7. The minimum atomic E-state index is -4.31. The van der Waals surface area contributed by atoms with E-state index in [4.69, 9.17) is 28.4 Å². The van der Waals surface area contributed by atoms with Crippen molar-refractivity contribution in [2.75, 3.05) is 20.5 Å². The number of carbonyl (C=O) groups excluding carboxylic acids is 3. The smallest absolute Gasteiger partial charge is 0.389 e. The number of esters is 2. The highest BCUT2D eigenvalue weighted by molar-refractivity contribution is 5.98. The first kappa shape index (κ1) is 35.4. The molecule has 11 nitrogen and oxygen atoms in total. The average molecular weight is 641 g/mol. The molecule has 4 unspecified atom stereocenters. The predicted molar refractivity (Wildman–Crippen MR) is 154 cm³/mol. The van der Waals surface area contributed by atoms with Crippen LogP contribution < -0.4 is 19.5 Å². The summed E-state index contributed by atoms with van der Waals surface area (Å²) < 4.78 is 71.7. The largest absolute Gasteiger partial charge is 0.493 e. The fraction of sp³-hybridized carbons (Fsp3) is 0.548. The van der Waals surface area contributed by atoms with E-state index in [2.05, 4.69) is 10.3 Å². The lowest BCUT2D eigenvalue weighted by molar-refractivity contribution is -0.161. The number of cyclic esters (lactones) is 1. The molecular formula is C31H39F3N2O9. The van der Waals surface area contributed by atoms with Crippen LogP contribution in [0.15, 0.2) is 42.6 Å². The Bertz CT molecular complexity index is 1260. The molecule has 1 aromatic carbocycles. The van der Waals surface area contributed by atoms with Crippen LogP contribution in [-0.4, -0.2) is 73.9 Å². The molecule has 1 aromatic heterocycles. The molecule has 1 amide bonds. The molecule has 3 rings (SSSR count). The number of para-hydroxylation sites is 1. The Morgan fingerprint density at radius 3 is 2.53 bits per heavy atom. The van der Waals surface area contributed by atoms with E-state index >= 15 is 0 Å². The van der Waals surface area contributed by atoms with Gasteiger partial charge in [-0.15, -0.1) is 0 Å². The number of methoxy groups -OCH3 is 1. The van der Waals surface area contributed by atoms with Crippen molar-refractivity contribution in [2.24, 2.45) is 5.92 Å². The minimum Gasteiger partial charge on any atom is -0.493 e. The van der Waals surface area contributed by atoms with Crippen LogP contribution in [0.2, 0.25) is 0 Å². The SMILES string of the molecule is COc1ccnc(C(=O)NC2CCCC(OCCCC(F)(F)F)C(Oc3ccccc3)C(C)OC2=O)c1OCOC(=O)C(C)C. The number of rotatable bonds is 13. The van der Waals surface area contributed by atoms with Gasteiger partial charge in [0, 0.05) is 25.3 Å². The number of pyridine rings is 1. The van der Waals surface area contributed by atoms with Gasteiger partial charge in [0.2, 0.25) is 6.79 Å². The van der Waals surface area contributed by atoms with Gasteiger partial charge in [0.25, 0.3) is 5.91 Å². The lowest BCUT2D eigenvalue weighted by Crippen LogP contribution is -2.46. The molecule has 0 radical (unpaired) electrons. The van der Waals surface area contributed by atoms with Gasteiger partial charge in [0.15, 0.2) is 23.3 Å². The Kier molecular flexibility index (Phi) is 13.3. The summed E-state index contributed by atoms with van der Waals surface area (Å²) in [6.45, 7) is 4.23. The van der Waals surface area contributed by atoms with E-state index in [1.807, 2.05) is 0 Å². The molecule has 1 saturated heterocycles. The Hall–Kier alpha value is -4.07. The third-order valence-electron chi connectivity index (χ3n) is 6.83. The van der Waals surface area contributed by atoms with Crippen molar-refractivity contribution in [1.82, 2.24) is 10.3 Å². The second-order valence-corrected chi connectivity index (χ2v) is 10.7. The first-order valence-electron chi connectivity index (χ1n) is 14.6. The maximum absolute atomic E-state index is 13.4. The van der Waals surface area contributed by atoms with E-state index in [0.29, 0.717) is 18.6 Å². The number of halogens is 3. The van der Waals surface area contributed by atoms with Crippen LogP contribution in [0.4, 0.5) is 13.2 Å². The third kappa shape index (κ3) is 11.1. The number of nitrogens with one attached hydrogen (secondary N) is 1. The highest BCUT2D eigenvalue weighted by Crippen LogP contribution is 2.30. The van der Waals surface area contributed by atoms with Gasteiger partial charge in [-0.05, 0) is 44.7 Å². The number of alkyl halides is 3. The van der Waals surface area contributed by atoms with Crippen LogP contribution in [0.25, 0.3) is 0 Å². The maximum atomic E-state index is 13.4. The number of benzene rings is 1. The van der Waals surface area contributed by atoms with E-state index in [1.54, 1.807) is 51.1 Å². The number of ether oxygens (including phenoxy) is 6. The molecule has 2 heterocycles. The molecule has 0 bridgehead atoms. The lowest BCUT2D eigenvalue weighted by atomic mass is 10.0. The summed E-state index contributed by atoms with van der Waals surface area (Å²) in [6, 6.07) is 9.05. The van der Waals surface area contributed by atoms with E-state index in [0.717, 1.165) is 0 Å². The van der Waals surface area contributed by atoms with Gasteiger partial charge >= 0.3 is 18.1 Å². The predicted octanol–water partition coefficient (Wildman–Crippen LogP) is 5.02. The molecule has 0 aliphatic carbocycles. The molecule has 0 spiro atoms. The van der Waals surface area contributed by atoms with Gasteiger partial charge in [0.1, 0.15) is 17.9 Å². The molecule has 45 heavy (non-hydrogen) atoms. The number of carbonyl (C=O) groups is 3. The number of aromatic nitrogens is 1. The topological polar surface area (TPSA) is 132 Å². The van der Waals surface area contributed by atoms with Gasteiger partial charge in [-0.1, -0.05) is 32.0 Å². The van der Waals surface area contributed by atoms with Gasteiger partial charge in [-0.2, -0.15) is 13.2 Å². The van der Waals surface area contributed by atoms with Crippen molar-refractivity contribution >= 4 is 17.8 Å². The van der Waals surface area contributed by atoms with E-state index < -0.39 is 67.5 Å². The molecule has 4 atom stereocenters.